The quantitative estimate of drug-likeness (QED) is 0.774. The summed E-state index contributed by atoms with van der Waals surface area (Å²) in [7, 11) is 0. The molecule has 0 saturated heterocycles. The molecule has 0 bridgehead atoms. The first-order valence-electron chi connectivity index (χ1n) is 5.83. The van der Waals surface area contributed by atoms with Crippen LogP contribution in [0.5, 0.6) is 5.75 Å². The van der Waals surface area contributed by atoms with E-state index in [1.165, 1.54) is 18.2 Å². The van der Waals surface area contributed by atoms with E-state index < -0.39 is 17.9 Å². The lowest BCUT2D eigenvalue weighted by Crippen LogP contribution is -2.41. The predicted molar refractivity (Wildman–Crippen MR) is 71.5 cm³/mol. The molecule has 0 aromatic heterocycles. The lowest BCUT2D eigenvalue weighted by molar-refractivity contribution is -0.139. The Morgan fingerprint density at radius 1 is 1.37 bits per heavy atom. The molecule has 1 aromatic carbocycles. The normalized spacial score (nSPS) is 12.2. The van der Waals surface area contributed by atoms with Gasteiger partial charge in [0, 0.05) is 0 Å². The number of carboxylic acid groups (broad SMARTS) is 1. The molecule has 6 heteroatoms. The SMILES string of the molecule is CC(C)C[C@@H](NC(=O)c1cc(O)ccc1Cl)C(=O)O. The molecule has 0 heterocycles. The van der Waals surface area contributed by atoms with Gasteiger partial charge in [-0.1, -0.05) is 25.4 Å². The summed E-state index contributed by atoms with van der Waals surface area (Å²) < 4.78 is 0. The van der Waals surface area contributed by atoms with E-state index in [1.807, 2.05) is 13.8 Å². The zero-order valence-corrected chi connectivity index (χ0v) is 11.4. The summed E-state index contributed by atoms with van der Waals surface area (Å²) >= 11 is 5.84. The third kappa shape index (κ3) is 4.44. The Hall–Kier alpha value is -1.75. The van der Waals surface area contributed by atoms with Gasteiger partial charge in [-0.2, -0.15) is 0 Å². The average Bonchev–Trinajstić information content (AvgIpc) is 2.30. The van der Waals surface area contributed by atoms with Crippen molar-refractivity contribution in [1.82, 2.24) is 5.32 Å². The van der Waals surface area contributed by atoms with E-state index in [4.69, 9.17) is 16.7 Å². The second-order valence-electron chi connectivity index (χ2n) is 4.66. The third-order valence-electron chi connectivity index (χ3n) is 2.51. The van der Waals surface area contributed by atoms with E-state index in [0.29, 0.717) is 6.42 Å². The first-order valence-corrected chi connectivity index (χ1v) is 6.21. The van der Waals surface area contributed by atoms with Gasteiger partial charge in [0.15, 0.2) is 0 Å². The Morgan fingerprint density at radius 3 is 2.53 bits per heavy atom. The lowest BCUT2D eigenvalue weighted by atomic mass is 10.0. The summed E-state index contributed by atoms with van der Waals surface area (Å²) in [5.74, 6) is -1.70. The Morgan fingerprint density at radius 2 is 2.00 bits per heavy atom. The number of aromatic hydroxyl groups is 1. The second kappa shape index (κ2) is 6.43. The van der Waals surface area contributed by atoms with E-state index in [-0.39, 0.29) is 22.3 Å². The number of hydrogen-bond donors (Lipinski definition) is 3. The fraction of sp³-hybridized carbons (Fsp3) is 0.385. The summed E-state index contributed by atoms with van der Waals surface area (Å²) in [5.41, 5.74) is 0.0525. The standard InChI is InChI=1S/C13H16ClNO4/c1-7(2)5-11(13(18)19)15-12(17)9-6-8(16)3-4-10(9)14/h3-4,6-7,11,16H,5H2,1-2H3,(H,15,17)(H,18,19)/t11-/m1/s1. The summed E-state index contributed by atoms with van der Waals surface area (Å²) in [6.07, 6.45) is 0.317. The van der Waals surface area contributed by atoms with Crippen LogP contribution in [-0.4, -0.2) is 28.1 Å². The summed E-state index contributed by atoms with van der Waals surface area (Å²) in [5, 5.41) is 20.9. The van der Waals surface area contributed by atoms with Crippen molar-refractivity contribution in [3.05, 3.63) is 28.8 Å². The first kappa shape index (κ1) is 15.3. The minimum atomic E-state index is -1.10. The fourth-order valence-corrected chi connectivity index (χ4v) is 1.82. The second-order valence-corrected chi connectivity index (χ2v) is 5.07. The largest absolute Gasteiger partial charge is 0.508 e. The predicted octanol–water partition coefficient (Wildman–Crippen LogP) is 2.27. The third-order valence-corrected chi connectivity index (χ3v) is 2.83. The number of halogens is 1. The molecule has 1 atom stereocenters. The van der Waals surface area contributed by atoms with Crippen molar-refractivity contribution in [2.24, 2.45) is 5.92 Å². The molecule has 0 aliphatic heterocycles. The number of phenols is 1. The highest BCUT2D eigenvalue weighted by atomic mass is 35.5. The van der Waals surface area contributed by atoms with Crippen molar-refractivity contribution in [3.8, 4) is 5.75 Å². The molecule has 1 aromatic rings. The monoisotopic (exact) mass is 285 g/mol. The van der Waals surface area contributed by atoms with Gasteiger partial charge in [0.2, 0.25) is 0 Å². The molecular formula is C13H16ClNO4. The van der Waals surface area contributed by atoms with Gasteiger partial charge in [0.25, 0.3) is 5.91 Å². The van der Waals surface area contributed by atoms with Gasteiger partial charge < -0.3 is 15.5 Å². The lowest BCUT2D eigenvalue weighted by Gasteiger charge is -2.16. The van der Waals surface area contributed by atoms with Crippen LogP contribution in [0, 0.1) is 5.92 Å². The molecule has 0 aliphatic carbocycles. The molecule has 1 amide bonds. The Balaban J connectivity index is 2.87. The van der Waals surface area contributed by atoms with Gasteiger partial charge in [0.05, 0.1) is 10.6 Å². The van der Waals surface area contributed by atoms with E-state index in [9.17, 15) is 14.7 Å². The fourth-order valence-electron chi connectivity index (χ4n) is 1.62. The maximum atomic E-state index is 11.9. The molecule has 0 spiro atoms. The van der Waals surface area contributed by atoms with E-state index in [2.05, 4.69) is 5.32 Å². The van der Waals surface area contributed by atoms with Crippen molar-refractivity contribution in [2.45, 2.75) is 26.3 Å². The van der Waals surface area contributed by atoms with Crippen LogP contribution in [0.3, 0.4) is 0 Å². The van der Waals surface area contributed by atoms with Gasteiger partial charge in [0.1, 0.15) is 11.8 Å². The van der Waals surface area contributed by atoms with E-state index in [0.717, 1.165) is 0 Å². The van der Waals surface area contributed by atoms with E-state index in [1.54, 1.807) is 0 Å². The highest BCUT2D eigenvalue weighted by Crippen LogP contribution is 2.21. The Labute approximate surface area is 116 Å². The molecule has 3 N–H and O–H groups in total. The number of carboxylic acids is 1. The number of hydrogen-bond acceptors (Lipinski definition) is 3. The van der Waals surface area contributed by atoms with Gasteiger partial charge in [-0.25, -0.2) is 4.79 Å². The van der Waals surface area contributed by atoms with Crippen LogP contribution >= 0.6 is 11.6 Å². The molecule has 19 heavy (non-hydrogen) atoms. The van der Waals surface area contributed by atoms with Crippen LogP contribution in [0.1, 0.15) is 30.6 Å². The summed E-state index contributed by atoms with van der Waals surface area (Å²) in [4.78, 5) is 23.0. The van der Waals surface area contributed by atoms with Crippen LogP contribution in [0.25, 0.3) is 0 Å². The smallest absolute Gasteiger partial charge is 0.326 e. The number of benzene rings is 1. The van der Waals surface area contributed by atoms with Gasteiger partial charge in [-0.05, 0) is 30.5 Å². The van der Waals surface area contributed by atoms with Crippen LogP contribution in [-0.2, 0) is 4.79 Å². The number of carbonyl (C=O) groups is 2. The Bertz CT molecular complexity index is 488. The molecule has 0 fully saturated rings. The molecule has 104 valence electrons. The van der Waals surface area contributed by atoms with Crippen molar-refractivity contribution in [3.63, 3.8) is 0 Å². The molecular weight excluding hydrogens is 270 g/mol. The topological polar surface area (TPSA) is 86.6 Å². The Kier molecular flexibility index (Phi) is 5.18. The number of rotatable bonds is 5. The summed E-state index contributed by atoms with van der Waals surface area (Å²) in [6, 6.07) is 2.95. The van der Waals surface area contributed by atoms with E-state index >= 15 is 0 Å². The molecule has 0 radical (unpaired) electrons. The zero-order chi connectivity index (χ0) is 14.6. The number of amides is 1. The minimum Gasteiger partial charge on any atom is -0.508 e. The average molecular weight is 286 g/mol. The highest BCUT2D eigenvalue weighted by molar-refractivity contribution is 6.33. The van der Waals surface area contributed by atoms with Gasteiger partial charge in [-0.15, -0.1) is 0 Å². The molecule has 0 aliphatic rings. The van der Waals surface area contributed by atoms with Crippen LogP contribution in [0.15, 0.2) is 18.2 Å². The van der Waals surface area contributed by atoms with Gasteiger partial charge in [-0.3, -0.25) is 4.79 Å². The number of nitrogens with one attached hydrogen (secondary N) is 1. The molecule has 0 unspecified atom stereocenters. The van der Waals surface area contributed by atoms with Crippen LogP contribution < -0.4 is 5.32 Å². The first-order chi connectivity index (χ1) is 8.81. The molecule has 0 saturated carbocycles. The van der Waals surface area contributed by atoms with Crippen molar-refractivity contribution in [2.75, 3.05) is 0 Å². The van der Waals surface area contributed by atoms with Gasteiger partial charge >= 0.3 is 5.97 Å². The number of carbonyl (C=O) groups excluding carboxylic acids is 1. The minimum absolute atomic E-state index is 0.0525. The maximum absolute atomic E-state index is 11.9. The van der Waals surface area contributed by atoms with Crippen molar-refractivity contribution < 1.29 is 19.8 Å². The highest BCUT2D eigenvalue weighted by Gasteiger charge is 2.22. The van der Waals surface area contributed by atoms with Crippen LogP contribution in [0.2, 0.25) is 5.02 Å². The number of aliphatic carboxylic acids is 1. The maximum Gasteiger partial charge on any atom is 0.326 e. The zero-order valence-electron chi connectivity index (χ0n) is 10.7. The molecule has 5 nitrogen and oxygen atoms in total. The van der Waals surface area contributed by atoms with Crippen LogP contribution in [0.4, 0.5) is 0 Å². The van der Waals surface area contributed by atoms with Crippen molar-refractivity contribution >= 4 is 23.5 Å². The number of phenolic OH excluding ortho intramolecular Hbond substituents is 1. The molecule has 1 rings (SSSR count). The summed E-state index contributed by atoms with van der Waals surface area (Å²) in [6.45, 7) is 3.73. The van der Waals surface area contributed by atoms with Crippen molar-refractivity contribution in [1.29, 1.82) is 0 Å².